The van der Waals surface area contributed by atoms with E-state index in [1.54, 1.807) is 0 Å². The van der Waals surface area contributed by atoms with E-state index in [0.29, 0.717) is 31.5 Å². The molecule has 9 heteroatoms. The van der Waals surface area contributed by atoms with Crippen LogP contribution in [0.4, 0.5) is 28.0 Å². The highest BCUT2D eigenvalue weighted by molar-refractivity contribution is 5.89. The zero-order valence-corrected chi connectivity index (χ0v) is 11.9. The van der Waals surface area contributed by atoms with Crippen LogP contribution in [0.25, 0.3) is 0 Å². The molecule has 2 amide bonds. The number of likely N-dealkylation sites (tertiary alicyclic amines) is 1. The molecule has 1 aromatic carbocycles. The van der Waals surface area contributed by atoms with Gasteiger partial charge in [-0.2, -0.15) is 13.2 Å². The second-order valence-corrected chi connectivity index (χ2v) is 5.25. The Balaban J connectivity index is 2.10. The normalized spacial score (nSPS) is 18.6. The molecule has 23 heavy (non-hydrogen) atoms. The topological polar surface area (TPSA) is 69.6 Å². The molecular formula is C14H14F4N2O3. The highest BCUT2D eigenvalue weighted by atomic mass is 19.4. The van der Waals surface area contributed by atoms with Gasteiger partial charge in [0.1, 0.15) is 5.82 Å². The van der Waals surface area contributed by atoms with E-state index in [9.17, 15) is 27.2 Å². The Bertz CT molecular complexity index is 619. The molecule has 126 valence electrons. The number of halogens is 4. The Hall–Kier alpha value is -2.32. The van der Waals surface area contributed by atoms with Crippen LogP contribution < -0.4 is 5.32 Å². The summed E-state index contributed by atoms with van der Waals surface area (Å²) in [7, 11) is 0. The number of nitrogens with zero attached hydrogens (tertiary/aromatic N) is 1. The predicted molar refractivity (Wildman–Crippen MR) is 72.4 cm³/mol. The number of carbonyl (C=O) groups excluding carboxylic acids is 1. The lowest BCUT2D eigenvalue weighted by atomic mass is 9.99. The number of nitrogens with one attached hydrogen (secondary N) is 1. The minimum atomic E-state index is -4.87. The first kappa shape index (κ1) is 17.0. The maximum absolute atomic E-state index is 13.2. The van der Waals surface area contributed by atoms with Gasteiger partial charge in [-0.25, -0.2) is 9.18 Å². The molecule has 0 saturated carbocycles. The third-order valence-corrected chi connectivity index (χ3v) is 3.58. The summed E-state index contributed by atoms with van der Waals surface area (Å²) in [6.07, 6.45) is -3.94. The second-order valence-electron chi connectivity index (χ2n) is 5.25. The number of rotatable bonds is 2. The molecule has 2 rings (SSSR count). The Labute approximate surface area is 128 Å². The molecule has 0 bridgehead atoms. The van der Waals surface area contributed by atoms with Crippen molar-refractivity contribution in [2.24, 2.45) is 5.92 Å². The number of urea groups is 1. The van der Waals surface area contributed by atoms with Crippen molar-refractivity contribution in [2.45, 2.75) is 19.0 Å². The molecule has 0 aromatic heterocycles. The van der Waals surface area contributed by atoms with Gasteiger partial charge in [-0.1, -0.05) is 0 Å². The molecule has 1 aliphatic heterocycles. The summed E-state index contributed by atoms with van der Waals surface area (Å²) in [5, 5.41) is 11.2. The zero-order valence-electron chi connectivity index (χ0n) is 11.9. The van der Waals surface area contributed by atoms with Crippen molar-refractivity contribution in [1.82, 2.24) is 4.90 Å². The summed E-state index contributed by atoms with van der Waals surface area (Å²) in [6, 6.07) is 1.43. The van der Waals surface area contributed by atoms with Crippen molar-refractivity contribution in [2.75, 3.05) is 18.4 Å². The Morgan fingerprint density at radius 3 is 2.61 bits per heavy atom. The molecule has 2 N–H and O–H groups in total. The van der Waals surface area contributed by atoms with Crippen molar-refractivity contribution >= 4 is 17.7 Å². The summed E-state index contributed by atoms with van der Waals surface area (Å²) in [6.45, 7) is 0.289. The van der Waals surface area contributed by atoms with Crippen molar-refractivity contribution in [3.63, 3.8) is 0 Å². The first-order valence-corrected chi connectivity index (χ1v) is 6.84. The van der Waals surface area contributed by atoms with Gasteiger partial charge in [0.2, 0.25) is 0 Å². The molecule has 1 saturated heterocycles. The zero-order chi connectivity index (χ0) is 17.2. The lowest BCUT2D eigenvalue weighted by Crippen LogP contribution is -2.44. The summed E-state index contributed by atoms with van der Waals surface area (Å²) in [4.78, 5) is 24.2. The molecule has 1 unspecified atom stereocenters. The van der Waals surface area contributed by atoms with E-state index < -0.39 is 35.5 Å². The van der Waals surface area contributed by atoms with Crippen molar-refractivity contribution in [1.29, 1.82) is 0 Å². The molecule has 1 heterocycles. The van der Waals surface area contributed by atoms with Crippen LogP contribution in [0.2, 0.25) is 0 Å². The fourth-order valence-electron chi connectivity index (χ4n) is 2.39. The number of carboxylic acids is 1. The summed E-state index contributed by atoms with van der Waals surface area (Å²) < 4.78 is 51.1. The number of hydrogen-bond acceptors (Lipinski definition) is 2. The van der Waals surface area contributed by atoms with Crippen LogP contribution >= 0.6 is 0 Å². The predicted octanol–water partition coefficient (Wildman–Crippen LogP) is 3.17. The van der Waals surface area contributed by atoms with E-state index in [0.717, 1.165) is 6.07 Å². The minimum Gasteiger partial charge on any atom is -0.481 e. The number of carbonyl (C=O) groups is 2. The van der Waals surface area contributed by atoms with Gasteiger partial charge in [0.25, 0.3) is 0 Å². The molecule has 1 aromatic rings. The van der Waals surface area contributed by atoms with Gasteiger partial charge in [0, 0.05) is 18.8 Å². The third-order valence-electron chi connectivity index (χ3n) is 3.58. The maximum atomic E-state index is 13.2. The largest absolute Gasteiger partial charge is 0.481 e. The van der Waals surface area contributed by atoms with Crippen LogP contribution in [0.15, 0.2) is 18.2 Å². The van der Waals surface area contributed by atoms with Crippen LogP contribution in [0.5, 0.6) is 0 Å². The fraction of sp³-hybridized carbons (Fsp3) is 0.429. The van der Waals surface area contributed by atoms with Gasteiger partial charge in [-0.3, -0.25) is 4.79 Å². The lowest BCUT2D eigenvalue weighted by molar-refractivity contribution is -0.143. The van der Waals surface area contributed by atoms with Gasteiger partial charge in [0.15, 0.2) is 0 Å². The standard InChI is InChI=1S/C14H14F4N2O3/c15-11-4-3-9(6-10(11)14(16,17)18)19-13(23)20-5-1-2-8(7-20)12(21)22/h3-4,6,8H,1-2,5,7H2,(H,19,23)(H,21,22). The van der Waals surface area contributed by atoms with Crippen LogP contribution in [0.1, 0.15) is 18.4 Å². The summed E-state index contributed by atoms with van der Waals surface area (Å²) >= 11 is 0. The number of carboxylic acid groups (broad SMARTS) is 1. The molecular weight excluding hydrogens is 320 g/mol. The van der Waals surface area contributed by atoms with Gasteiger partial charge in [-0.05, 0) is 31.0 Å². The first-order valence-electron chi connectivity index (χ1n) is 6.84. The number of amides is 2. The van der Waals surface area contributed by atoms with Crippen LogP contribution in [-0.2, 0) is 11.0 Å². The third kappa shape index (κ3) is 4.11. The molecule has 0 aliphatic carbocycles. The second kappa shape index (κ2) is 6.43. The lowest BCUT2D eigenvalue weighted by Gasteiger charge is -2.30. The smallest absolute Gasteiger partial charge is 0.419 e. The van der Waals surface area contributed by atoms with Crippen molar-refractivity contribution in [3.8, 4) is 0 Å². The molecule has 5 nitrogen and oxygen atoms in total. The van der Waals surface area contributed by atoms with E-state index in [-0.39, 0.29) is 12.2 Å². The highest BCUT2D eigenvalue weighted by Crippen LogP contribution is 2.33. The number of aliphatic carboxylic acids is 1. The van der Waals surface area contributed by atoms with E-state index >= 15 is 0 Å². The highest BCUT2D eigenvalue weighted by Gasteiger charge is 2.34. The van der Waals surface area contributed by atoms with Gasteiger partial charge in [0.05, 0.1) is 11.5 Å². The average molecular weight is 334 g/mol. The quantitative estimate of drug-likeness (QED) is 0.816. The Kier molecular flexibility index (Phi) is 4.76. The van der Waals surface area contributed by atoms with E-state index in [1.807, 2.05) is 0 Å². The Morgan fingerprint density at radius 2 is 2.00 bits per heavy atom. The number of anilines is 1. The van der Waals surface area contributed by atoms with E-state index in [4.69, 9.17) is 5.11 Å². The molecule has 1 aliphatic rings. The van der Waals surface area contributed by atoms with Crippen LogP contribution in [0, 0.1) is 11.7 Å². The monoisotopic (exact) mass is 334 g/mol. The van der Waals surface area contributed by atoms with Crippen LogP contribution in [-0.4, -0.2) is 35.1 Å². The van der Waals surface area contributed by atoms with E-state index in [2.05, 4.69) is 5.32 Å². The summed E-state index contributed by atoms with van der Waals surface area (Å²) in [5.74, 6) is -3.16. The number of hydrogen-bond donors (Lipinski definition) is 2. The summed E-state index contributed by atoms with van der Waals surface area (Å²) in [5.41, 5.74) is -1.68. The minimum absolute atomic E-state index is 0.0194. The fourth-order valence-corrected chi connectivity index (χ4v) is 2.39. The first-order chi connectivity index (χ1) is 10.7. The molecule has 1 atom stereocenters. The number of alkyl halides is 3. The SMILES string of the molecule is O=C(O)C1CCCN(C(=O)Nc2ccc(F)c(C(F)(F)F)c2)C1. The molecule has 0 spiro atoms. The van der Waals surface area contributed by atoms with E-state index in [1.165, 1.54) is 4.90 Å². The number of benzene rings is 1. The molecule has 0 radical (unpaired) electrons. The maximum Gasteiger partial charge on any atom is 0.419 e. The van der Waals surface area contributed by atoms with Gasteiger partial charge >= 0.3 is 18.2 Å². The molecule has 1 fully saturated rings. The Morgan fingerprint density at radius 1 is 1.30 bits per heavy atom. The van der Waals surface area contributed by atoms with Crippen molar-refractivity contribution < 1.29 is 32.3 Å². The van der Waals surface area contributed by atoms with Crippen LogP contribution in [0.3, 0.4) is 0 Å². The van der Waals surface area contributed by atoms with Gasteiger partial charge < -0.3 is 15.3 Å². The average Bonchev–Trinajstić information content (AvgIpc) is 2.48. The van der Waals surface area contributed by atoms with Crippen molar-refractivity contribution in [3.05, 3.63) is 29.6 Å². The van der Waals surface area contributed by atoms with Gasteiger partial charge in [-0.15, -0.1) is 0 Å². The number of piperidine rings is 1.